The van der Waals surface area contributed by atoms with Gasteiger partial charge in [0.05, 0.1) is 30.0 Å². The highest BCUT2D eigenvalue weighted by atomic mass is 19.1. The highest BCUT2D eigenvalue weighted by Crippen LogP contribution is 2.35. The van der Waals surface area contributed by atoms with Gasteiger partial charge in [-0.2, -0.15) is 0 Å². The summed E-state index contributed by atoms with van der Waals surface area (Å²) in [5, 5.41) is 12.0. The maximum atomic E-state index is 13.3. The normalized spacial score (nSPS) is 17.8. The number of likely N-dealkylation sites (tertiary alicyclic amines) is 2. The fraction of sp³-hybridized carbons (Fsp3) is 0.362. The molecule has 4 aromatic carbocycles. The maximum Gasteiger partial charge on any atom is 0.257 e. The first-order chi connectivity index (χ1) is 28.4. The average Bonchev–Trinajstić information content (AvgIpc) is 3.75. The number of nitrogens with zero attached hydrogens (tertiary/aromatic N) is 2. The molecule has 58 heavy (non-hydrogen) atoms. The van der Waals surface area contributed by atoms with Gasteiger partial charge in [-0.3, -0.25) is 9.59 Å². The number of hydrogen-bond acceptors (Lipinski definition) is 8. The Hall–Kier alpha value is -5.65. The zero-order valence-corrected chi connectivity index (χ0v) is 33.5. The summed E-state index contributed by atoms with van der Waals surface area (Å²) in [6, 6.07) is 25.7. The lowest BCUT2D eigenvalue weighted by molar-refractivity contribution is -0.111. The third-order valence-electron chi connectivity index (χ3n) is 10.9. The molecule has 304 valence electrons. The summed E-state index contributed by atoms with van der Waals surface area (Å²) in [6.45, 7) is 10.6. The number of amides is 2. The van der Waals surface area contributed by atoms with Gasteiger partial charge in [-0.15, -0.1) is 0 Å². The smallest absolute Gasteiger partial charge is 0.257 e. The van der Waals surface area contributed by atoms with Gasteiger partial charge in [0, 0.05) is 53.7 Å². The summed E-state index contributed by atoms with van der Waals surface area (Å²) >= 11 is 0. The van der Waals surface area contributed by atoms with E-state index < -0.39 is 0 Å². The molecule has 4 aliphatic rings. The molecule has 8 rings (SSSR count). The Morgan fingerprint density at radius 1 is 0.638 bits per heavy atom. The molecule has 11 heteroatoms. The van der Waals surface area contributed by atoms with Crippen LogP contribution in [0.2, 0.25) is 0 Å². The molecule has 0 unspecified atom stereocenters. The topological polar surface area (TPSA) is 107 Å². The van der Waals surface area contributed by atoms with E-state index >= 15 is 0 Å². The second-order valence-electron chi connectivity index (χ2n) is 15.3. The fourth-order valence-corrected chi connectivity index (χ4v) is 7.81. The lowest BCUT2D eigenvalue weighted by Gasteiger charge is -2.26. The van der Waals surface area contributed by atoms with Crippen LogP contribution in [-0.2, 0) is 9.59 Å². The second kappa shape index (κ2) is 20.2. The zero-order valence-electron chi connectivity index (χ0n) is 33.5. The van der Waals surface area contributed by atoms with E-state index in [0.717, 1.165) is 72.2 Å². The summed E-state index contributed by atoms with van der Waals surface area (Å²) in [6.07, 6.45) is 13.5. The number of rotatable bonds is 14. The molecule has 4 heterocycles. The van der Waals surface area contributed by atoms with Crippen molar-refractivity contribution in [1.29, 1.82) is 0 Å². The van der Waals surface area contributed by atoms with Crippen molar-refractivity contribution in [1.82, 2.24) is 9.80 Å². The molecule has 10 nitrogen and oxygen atoms in total. The fourth-order valence-electron chi connectivity index (χ4n) is 7.81. The van der Waals surface area contributed by atoms with Crippen LogP contribution in [0.3, 0.4) is 0 Å². The van der Waals surface area contributed by atoms with Crippen molar-refractivity contribution < 1.29 is 23.5 Å². The van der Waals surface area contributed by atoms with Crippen LogP contribution in [-0.4, -0.2) is 74.1 Å². The van der Waals surface area contributed by atoms with Crippen LogP contribution in [0.25, 0.3) is 11.1 Å². The standard InChI is InChI=1S/C24H29N3O2.C23H26FN3O2/c1-18-7-5-8-22-23(18)21(24(28)26-22)17-25-19-9-11-20(12-10-19)29-16-6-15-27-13-3-2-4-14-27;24-17-5-10-20-21(23(28)26-22(20)15-17)16-25-18-6-8-19(9-7-18)29-14-4-13-27-11-2-1-3-12-27/h5,7-12,17,25H,2-4,6,13-16H2,1H3,(H,26,28);5-10,15-16,25H,1-4,11-14H2,(H,26,28). The van der Waals surface area contributed by atoms with Crippen LogP contribution >= 0.6 is 0 Å². The molecule has 2 amide bonds. The summed E-state index contributed by atoms with van der Waals surface area (Å²) in [5.41, 5.74) is 7.04. The van der Waals surface area contributed by atoms with Crippen LogP contribution in [0.15, 0.2) is 97.3 Å². The largest absolute Gasteiger partial charge is 0.494 e. The number of benzene rings is 4. The minimum Gasteiger partial charge on any atom is -0.494 e. The molecule has 0 saturated carbocycles. The Bertz CT molecular complexity index is 2070. The summed E-state index contributed by atoms with van der Waals surface area (Å²) in [5.74, 6) is 1.02. The first kappa shape index (κ1) is 40.5. The molecule has 0 atom stereocenters. The lowest BCUT2D eigenvalue weighted by atomic mass is 10.0. The average molecular weight is 787 g/mol. The van der Waals surface area contributed by atoms with Crippen molar-refractivity contribution in [2.75, 3.05) is 73.7 Å². The van der Waals surface area contributed by atoms with Crippen molar-refractivity contribution in [3.8, 4) is 11.5 Å². The highest BCUT2D eigenvalue weighted by molar-refractivity contribution is 6.32. The number of carbonyl (C=O) groups excluding carboxylic acids is 2. The minimum absolute atomic E-state index is 0.0736. The highest BCUT2D eigenvalue weighted by Gasteiger charge is 2.26. The van der Waals surface area contributed by atoms with Gasteiger partial charge in [0.1, 0.15) is 17.3 Å². The summed E-state index contributed by atoms with van der Waals surface area (Å²) in [4.78, 5) is 29.4. The number of nitrogens with one attached hydrogen (secondary N) is 4. The van der Waals surface area contributed by atoms with Gasteiger partial charge in [-0.1, -0.05) is 25.0 Å². The van der Waals surface area contributed by atoms with Crippen LogP contribution in [0.4, 0.5) is 27.1 Å². The number of aryl methyl sites for hydroxylation is 1. The van der Waals surface area contributed by atoms with Crippen molar-refractivity contribution in [2.45, 2.75) is 58.3 Å². The van der Waals surface area contributed by atoms with E-state index in [2.05, 4.69) is 31.1 Å². The van der Waals surface area contributed by atoms with Crippen LogP contribution in [0, 0.1) is 12.7 Å². The number of fused-ring (bicyclic) bond motifs is 2. The number of hydrogen-bond donors (Lipinski definition) is 4. The monoisotopic (exact) mass is 786 g/mol. The van der Waals surface area contributed by atoms with Crippen molar-refractivity contribution >= 4 is 45.7 Å². The van der Waals surface area contributed by atoms with Gasteiger partial charge in [-0.25, -0.2) is 4.39 Å². The Balaban J connectivity index is 0.000000177. The molecule has 0 radical (unpaired) electrons. The van der Waals surface area contributed by atoms with E-state index in [1.165, 1.54) is 76.8 Å². The van der Waals surface area contributed by atoms with E-state index in [1.807, 2.05) is 73.7 Å². The molecule has 0 aliphatic carbocycles. The SMILES string of the molecule is Cc1cccc2c1C(=CNc1ccc(OCCCN3CCCCC3)cc1)C(=O)N2.O=C1Nc2cc(F)ccc2C1=CNc1ccc(OCCCN2CCCCC2)cc1. The summed E-state index contributed by atoms with van der Waals surface area (Å²) in [7, 11) is 0. The third kappa shape index (κ3) is 11.0. The van der Waals surface area contributed by atoms with Gasteiger partial charge in [0.25, 0.3) is 11.8 Å². The molecule has 2 saturated heterocycles. The number of ether oxygens (including phenoxy) is 2. The van der Waals surface area contributed by atoms with E-state index in [9.17, 15) is 14.0 Å². The van der Waals surface area contributed by atoms with Gasteiger partial charge >= 0.3 is 0 Å². The van der Waals surface area contributed by atoms with E-state index in [-0.39, 0.29) is 17.6 Å². The van der Waals surface area contributed by atoms with Gasteiger partial charge in [0.15, 0.2) is 0 Å². The summed E-state index contributed by atoms with van der Waals surface area (Å²) < 4.78 is 25.0. The Kier molecular flexibility index (Phi) is 14.1. The molecule has 4 aromatic rings. The van der Waals surface area contributed by atoms with Crippen LogP contribution < -0.4 is 30.7 Å². The predicted molar refractivity (Wildman–Crippen MR) is 232 cm³/mol. The molecule has 0 bridgehead atoms. The molecular weight excluding hydrogens is 732 g/mol. The number of piperidine rings is 2. The Morgan fingerprint density at radius 2 is 1.16 bits per heavy atom. The lowest BCUT2D eigenvalue weighted by Crippen LogP contribution is -2.31. The first-order valence-electron chi connectivity index (χ1n) is 20.8. The van der Waals surface area contributed by atoms with Crippen molar-refractivity contribution in [3.05, 3.63) is 120 Å². The van der Waals surface area contributed by atoms with E-state index in [0.29, 0.717) is 29.0 Å². The number of halogens is 1. The Labute approximate surface area is 341 Å². The molecular formula is C47H55FN6O4. The Morgan fingerprint density at radius 3 is 1.72 bits per heavy atom. The molecule has 4 N–H and O–H groups in total. The quantitative estimate of drug-likeness (QED) is 0.0741. The van der Waals surface area contributed by atoms with Crippen molar-refractivity contribution in [3.63, 3.8) is 0 Å². The third-order valence-corrected chi connectivity index (χ3v) is 10.9. The van der Waals surface area contributed by atoms with Gasteiger partial charge in [-0.05, 0) is 150 Å². The number of carbonyl (C=O) groups is 2. The van der Waals surface area contributed by atoms with Crippen LogP contribution in [0.5, 0.6) is 11.5 Å². The van der Waals surface area contributed by atoms with E-state index in [4.69, 9.17) is 9.47 Å². The maximum absolute atomic E-state index is 13.3. The first-order valence-corrected chi connectivity index (χ1v) is 20.8. The predicted octanol–water partition coefficient (Wildman–Crippen LogP) is 9.14. The van der Waals surface area contributed by atoms with E-state index in [1.54, 1.807) is 18.5 Å². The minimum atomic E-state index is -0.371. The zero-order chi connectivity index (χ0) is 40.1. The van der Waals surface area contributed by atoms with Gasteiger partial charge < -0.3 is 40.5 Å². The number of anilines is 4. The molecule has 0 aromatic heterocycles. The molecule has 4 aliphatic heterocycles. The molecule has 2 fully saturated rings. The van der Waals surface area contributed by atoms with Crippen LogP contribution in [0.1, 0.15) is 68.1 Å². The van der Waals surface area contributed by atoms with Crippen molar-refractivity contribution in [2.24, 2.45) is 0 Å². The molecule has 0 spiro atoms. The van der Waals surface area contributed by atoms with Gasteiger partial charge in [0.2, 0.25) is 0 Å². The second-order valence-corrected chi connectivity index (χ2v) is 15.3.